The maximum atomic E-state index is 12.6. The first-order valence-electron chi connectivity index (χ1n) is 6.63. The number of nitrogens with zero attached hydrogens (tertiary/aromatic N) is 1. The minimum atomic E-state index is -4.53. The van der Waals surface area contributed by atoms with Crippen molar-refractivity contribution in [2.75, 3.05) is 10.7 Å². The summed E-state index contributed by atoms with van der Waals surface area (Å²) in [6, 6.07) is 7.56. The Morgan fingerprint density at radius 1 is 1.00 bits per heavy atom. The first kappa shape index (κ1) is 16.6. The van der Waals surface area contributed by atoms with E-state index in [4.69, 9.17) is 0 Å². The molecule has 0 spiro atoms. The van der Waals surface area contributed by atoms with Gasteiger partial charge in [0.05, 0.1) is 5.56 Å². The quantitative estimate of drug-likeness (QED) is 0.834. The van der Waals surface area contributed by atoms with Gasteiger partial charge in [0.15, 0.2) is 0 Å². The molecule has 0 fully saturated rings. The number of benzene rings is 1. The summed E-state index contributed by atoms with van der Waals surface area (Å²) in [5, 5.41) is 2.14. The monoisotopic (exact) mass is 325 g/mol. The Labute approximate surface area is 130 Å². The Balaban J connectivity index is 2.09. The Morgan fingerprint density at radius 2 is 1.61 bits per heavy atom. The lowest BCUT2D eigenvalue weighted by Gasteiger charge is -2.12. The zero-order valence-electron chi connectivity index (χ0n) is 12.4. The average molecular weight is 325 g/mol. The van der Waals surface area contributed by atoms with Crippen molar-refractivity contribution in [1.82, 2.24) is 4.68 Å². The van der Waals surface area contributed by atoms with Crippen LogP contribution in [-0.4, -0.2) is 16.5 Å². The molecule has 0 unspecified atom stereocenters. The fraction of sp³-hybridized carbons (Fsp3) is 0.200. The number of amides is 2. The summed E-state index contributed by atoms with van der Waals surface area (Å²) in [5.41, 5.74) is 2.77. The zero-order chi connectivity index (χ0) is 17.2. The summed E-state index contributed by atoms with van der Waals surface area (Å²) in [4.78, 5) is 23.6. The summed E-state index contributed by atoms with van der Waals surface area (Å²) < 4.78 is 39.2. The van der Waals surface area contributed by atoms with Crippen molar-refractivity contribution in [3.05, 3.63) is 53.3 Å². The van der Waals surface area contributed by atoms with Crippen molar-refractivity contribution in [2.24, 2.45) is 0 Å². The molecule has 0 saturated carbocycles. The summed E-state index contributed by atoms with van der Waals surface area (Å²) in [6.45, 7) is 3.47. The van der Waals surface area contributed by atoms with Crippen LogP contribution in [0.5, 0.6) is 0 Å². The average Bonchev–Trinajstić information content (AvgIpc) is 2.78. The molecule has 0 aliphatic carbocycles. The molecule has 0 atom stereocenters. The third-order valence-corrected chi connectivity index (χ3v) is 3.14. The van der Waals surface area contributed by atoms with E-state index in [9.17, 15) is 22.8 Å². The molecule has 0 bridgehead atoms. The number of alkyl halides is 3. The molecular formula is C15H14F3N3O2. The van der Waals surface area contributed by atoms with Crippen LogP contribution in [0.1, 0.15) is 17.0 Å². The van der Waals surface area contributed by atoms with Gasteiger partial charge in [0.2, 0.25) is 0 Å². The Morgan fingerprint density at radius 3 is 2.17 bits per heavy atom. The highest BCUT2D eigenvalue weighted by Crippen LogP contribution is 2.30. The molecule has 122 valence electrons. The number of anilines is 1. The number of aromatic nitrogens is 1. The molecule has 5 nitrogen and oxygen atoms in total. The highest BCUT2D eigenvalue weighted by Gasteiger charge is 2.30. The number of carbonyl (C=O) groups excluding carboxylic acids is 2. The third-order valence-electron chi connectivity index (χ3n) is 3.14. The first-order valence-corrected chi connectivity index (χ1v) is 6.63. The fourth-order valence-electron chi connectivity index (χ4n) is 1.96. The number of rotatable bonds is 2. The van der Waals surface area contributed by atoms with Gasteiger partial charge in [-0.2, -0.15) is 13.2 Å². The SMILES string of the molecule is Cc1ccc(C)n1NC(=O)C(=O)Nc1cccc(C(F)(F)F)c1. The van der Waals surface area contributed by atoms with Crippen LogP contribution in [-0.2, 0) is 15.8 Å². The largest absolute Gasteiger partial charge is 0.416 e. The van der Waals surface area contributed by atoms with Crippen molar-refractivity contribution in [2.45, 2.75) is 20.0 Å². The molecule has 1 aromatic heterocycles. The van der Waals surface area contributed by atoms with Gasteiger partial charge >= 0.3 is 18.0 Å². The molecule has 0 aliphatic rings. The summed E-state index contributed by atoms with van der Waals surface area (Å²) in [6.07, 6.45) is -4.53. The lowest BCUT2D eigenvalue weighted by Crippen LogP contribution is -2.35. The lowest BCUT2D eigenvalue weighted by atomic mass is 10.2. The van der Waals surface area contributed by atoms with Gasteiger partial charge in [-0.3, -0.25) is 19.7 Å². The minimum Gasteiger partial charge on any atom is -0.318 e. The van der Waals surface area contributed by atoms with Gasteiger partial charge in [-0.05, 0) is 44.2 Å². The standard InChI is InChI=1S/C15H14F3N3O2/c1-9-6-7-10(2)21(9)20-14(23)13(22)19-12-5-3-4-11(8-12)15(16,17)18/h3-8H,1-2H3,(H,19,22)(H,20,23). The summed E-state index contributed by atoms with van der Waals surface area (Å²) in [7, 11) is 0. The van der Waals surface area contributed by atoms with Gasteiger partial charge < -0.3 is 5.32 Å². The first-order chi connectivity index (χ1) is 10.7. The molecule has 1 heterocycles. The molecule has 0 aliphatic heterocycles. The highest BCUT2D eigenvalue weighted by molar-refractivity contribution is 6.42. The van der Waals surface area contributed by atoms with E-state index in [2.05, 4.69) is 10.7 Å². The fourth-order valence-corrected chi connectivity index (χ4v) is 1.96. The van der Waals surface area contributed by atoms with Crippen LogP contribution >= 0.6 is 0 Å². The maximum Gasteiger partial charge on any atom is 0.416 e. The second kappa shape index (κ2) is 6.15. The van der Waals surface area contributed by atoms with Gasteiger partial charge in [0, 0.05) is 17.1 Å². The van der Waals surface area contributed by atoms with Gasteiger partial charge in [-0.25, -0.2) is 0 Å². The second-order valence-corrected chi connectivity index (χ2v) is 4.93. The molecule has 2 rings (SSSR count). The van der Waals surface area contributed by atoms with Crippen molar-refractivity contribution in [3.8, 4) is 0 Å². The molecule has 0 saturated heterocycles. The normalized spacial score (nSPS) is 11.2. The molecular weight excluding hydrogens is 311 g/mol. The topological polar surface area (TPSA) is 63.1 Å². The van der Waals surface area contributed by atoms with Crippen LogP contribution in [0.15, 0.2) is 36.4 Å². The maximum absolute atomic E-state index is 12.6. The smallest absolute Gasteiger partial charge is 0.318 e. The Kier molecular flexibility index (Phi) is 4.44. The predicted octanol–water partition coefficient (Wildman–Crippen LogP) is 2.83. The number of aryl methyl sites for hydroxylation is 2. The molecule has 23 heavy (non-hydrogen) atoms. The van der Waals surface area contributed by atoms with Crippen molar-refractivity contribution >= 4 is 17.5 Å². The van der Waals surface area contributed by atoms with Crippen molar-refractivity contribution < 1.29 is 22.8 Å². The van der Waals surface area contributed by atoms with Gasteiger partial charge in [0.1, 0.15) is 0 Å². The number of hydrogen-bond acceptors (Lipinski definition) is 2. The van der Waals surface area contributed by atoms with Crippen molar-refractivity contribution in [1.29, 1.82) is 0 Å². The van der Waals surface area contributed by atoms with E-state index in [0.29, 0.717) is 11.4 Å². The Bertz CT molecular complexity index is 731. The van der Waals surface area contributed by atoms with Crippen LogP contribution in [0, 0.1) is 13.8 Å². The van der Waals surface area contributed by atoms with Crippen LogP contribution in [0.4, 0.5) is 18.9 Å². The van der Waals surface area contributed by atoms with Gasteiger partial charge in [-0.1, -0.05) is 6.07 Å². The number of nitrogens with one attached hydrogen (secondary N) is 2. The molecule has 1 aromatic carbocycles. The van der Waals surface area contributed by atoms with E-state index in [1.54, 1.807) is 26.0 Å². The minimum absolute atomic E-state index is 0.110. The van der Waals surface area contributed by atoms with E-state index in [1.165, 1.54) is 10.7 Å². The summed E-state index contributed by atoms with van der Waals surface area (Å²) in [5.74, 6) is -2.04. The van der Waals surface area contributed by atoms with Crippen LogP contribution in [0.2, 0.25) is 0 Å². The van der Waals surface area contributed by atoms with E-state index in [1.807, 2.05) is 0 Å². The zero-order valence-corrected chi connectivity index (χ0v) is 12.4. The predicted molar refractivity (Wildman–Crippen MR) is 78.3 cm³/mol. The van der Waals surface area contributed by atoms with E-state index < -0.39 is 23.6 Å². The van der Waals surface area contributed by atoms with Crippen LogP contribution < -0.4 is 10.7 Å². The third kappa shape index (κ3) is 3.91. The second-order valence-electron chi connectivity index (χ2n) is 4.93. The molecule has 2 aromatic rings. The van der Waals surface area contributed by atoms with Gasteiger partial charge in [0.25, 0.3) is 0 Å². The highest BCUT2D eigenvalue weighted by atomic mass is 19.4. The van der Waals surface area contributed by atoms with E-state index >= 15 is 0 Å². The number of hydrogen-bond donors (Lipinski definition) is 2. The van der Waals surface area contributed by atoms with Crippen LogP contribution in [0.25, 0.3) is 0 Å². The number of halogens is 3. The van der Waals surface area contributed by atoms with Crippen molar-refractivity contribution in [3.63, 3.8) is 0 Å². The molecule has 8 heteroatoms. The van der Waals surface area contributed by atoms with Gasteiger partial charge in [-0.15, -0.1) is 0 Å². The Hall–Kier alpha value is -2.77. The number of carbonyl (C=O) groups is 2. The van der Waals surface area contributed by atoms with E-state index in [0.717, 1.165) is 18.2 Å². The lowest BCUT2D eigenvalue weighted by molar-refractivity contribution is -0.137. The molecule has 2 amide bonds. The van der Waals surface area contributed by atoms with E-state index in [-0.39, 0.29) is 5.69 Å². The molecule has 2 N–H and O–H groups in total. The molecule has 0 radical (unpaired) electrons. The van der Waals surface area contributed by atoms with Crippen LogP contribution in [0.3, 0.4) is 0 Å². The summed E-state index contributed by atoms with van der Waals surface area (Å²) >= 11 is 0.